The Morgan fingerprint density at radius 3 is 2.81 bits per heavy atom. The van der Waals surface area contributed by atoms with Crippen LogP contribution in [0.2, 0.25) is 0 Å². The van der Waals surface area contributed by atoms with Gasteiger partial charge in [0.1, 0.15) is 0 Å². The summed E-state index contributed by atoms with van der Waals surface area (Å²) in [7, 11) is 0. The van der Waals surface area contributed by atoms with Crippen molar-refractivity contribution in [3.8, 4) is 0 Å². The third-order valence-electron chi connectivity index (χ3n) is 3.22. The number of hydrogen-bond acceptors (Lipinski definition) is 4. The monoisotopic (exact) mass is 306 g/mol. The predicted molar refractivity (Wildman–Crippen MR) is 89.6 cm³/mol. The van der Waals surface area contributed by atoms with E-state index in [4.69, 9.17) is 17.0 Å². The number of benzene rings is 1. The minimum atomic E-state index is 0.559. The molecule has 5 nitrogen and oxygen atoms in total. The van der Waals surface area contributed by atoms with Gasteiger partial charge in [-0.1, -0.05) is 30.3 Å². The van der Waals surface area contributed by atoms with E-state index in [2.05, 4.69) is 20.7 Å². The average Bonchev–Trinajstić information content (AvgIpc) is 2.54. The molecule has 21 heavy (non-hydrogen) atoms. The summed E-state index contributed by atoms with van der Waals surface area (Å²) in [4.78, 5) is 2.41. The van der Waals surface area contributed by atoms with E-state index in [1.807, 2.05) is 30.3 Å². The van der Waals surface area contributed by atoms with Crippen LogP contribution in [0.15, 0.2) is 35.4 Å². The molecule has 1 saturated heterocycles. The van der Waals surface area contributed by atoms with E-state index in [1.54, 1.807) is 6.21 Å². The molecule has 1 heterocycles. The average molecular weight is 306 g/mol. The van der Waals surface area contributed by atoms with Crippen LogP contribution in [0.4, 0.5) is 0 Å². The summed E-state index contributed by atoms with van der Waals surface area (Å²) >= 11 is 5.17. The van der Waals surface area contributed by atoms with Gasteiger partial charge < -0.3 is 10.1 Å². The Labute approximate surface area is 131 Å². The fraction of sp³-hybridized carbons (Fsp3) is 0.467. The molecule has 1 fully saturated rings. The highest BCUT2D eigenvalue weighted by Gasteiger charge is 2.08. The first-order valence-corrected chi connectivity index (χ1v) is 7.67. The number of thiocarbonyl (C=S) groups is 1. The van der Waals surface area contributed by atoms with Crippen molar-refractivity contribution in [3.63, 3.8) is 0 Å². The van der Waals surface area contributed by atoms with Crippen molar-refractivity contribution in [1.82, 2.24) is 15.6 Å². The first-order valence-electron chi connectivity index (χ1n) is 7.26. The van der Waals surface area contributed by atoms with Gasteiger partial charge in [0.05, 0.1) is 19.4 Å². The standard InChI is InChI=1S/C15H22N4OS/c21-15(18-17-13-14-5-2-1-3-6-14)16-7-4-8-19-9-11-20-12-10-19/h1-3,5-6,13H,4,7-12H2,(H2,16,18,21)/b17-13-. The molecule has 0 saturated carbocycles. The fourth-order valence-corrected chi connectivity index (χ4v) is 2.23. The van der Waals surface area contributed by atoms with Crippen LogP contribution >= 0.6 is 12.2 Å². The largest absolute Gasteiger partial charge is 0.379 e. The van der Waals surface area contributed by atoms with Gasteiger partial charge in [0.15, 0.2) is 5.11 Å². The van der Waals surface area contributed by atoms with Crippen LogP contribution in [0, 0.1) is 0 Å². The van der Waals surface area contributed by atoms with Crippen molar-refractivity contribution in [2.45, 2.75) is 6.42 Å². The van der Waals surface area contributed by atoms with Crippen LogP contribution < -0.4 is 10.7 Å². The van der Waals surface area contributed by atoms with Crippen LogP contribution in [0.1, 0.15) is 12.0 Å². The van der Waals surface area contributed by atoms with E-state index < -0.39 is 0 Å². The summed E-state index contributed by atoms with van der Waals surface area (Å²) in [6.07, 6.45) is 2.81. The van der Waals surface area contributed by atoms with Gasteiger partial charge in [0.2, 0.25) is 0 Å². The number of nitrogens with one attached hydrogen (secondary N) is 2. The minimum absolute atomic E-state index is 0.559. The maximum Gasteiger partial charge on any atom is 0.186 e. The third kappa shape index (κ3) is 6.66. The molecule has 0 atom stereocenters. The molecule has 1 aromatic rings. The summed E-state index contributed by atoms with van der Waals surface area (Å²) in [5.74, 6) is 0. The zero-order valence-corrected chi connectivity index (χ0v) is 12.9. The Morgan fingerprint density at radius 1 is 1.29 bits per heavy atom. The molecule has 0 aliphatic carbocycles. The Bertz CT molecular complexity index is 446. The number of ether oxygens (including phenoxy) is 1. The highest BCUT2D eigenvalue weighted by Crippen LogP contribution is 1.97. The maximum atomic E-state index is 5.32. The summed E-state index contributed by atoms with van der Waals surface area (Å²) in [6.45, 7) is 5.69. The van der Waals surface area contributed by atoms with E-state index in [0.717, 1.165) is 51.4 Å². The lowest BCUT2D eigenvalue weighted by Crippen LogP contribution is -2.39. The van der Waals surface area contributed by atoms with Gasteiger partial charge in [0.25, 0.3) is 0 Å². The smallest absolute Gasteiger partial charge is 0.186 e. The topological polar surface area (TPSA) is 48.9 Å². The molecule has 1 aliphatic heterocycles. The van der Waals surface area contributed by atoms with Crippen molar-refractivity contribution in [2.24, 2.45) is 5.10 Å². The van der Waals surface area contributed by atoms with Gasteiger partial charge in [0, 0.05) is 19.6 Å². The molecule has 114 valence electrons. The number of morpholine rings is 1. The van der Waals surface area contributed by atoms with Crippen LogP contribution in [0.3, 0.4) is 0 Å². The highest BCUT2D eigenvalue weighted by atomic mass is 32.1. The van der Waals surface area contributed by atoms with Crippen molar-refractivity contribution in [2.75, 3.05) is 39.4 Å². The van der Waals surface area contributed by atoms with Crippen LogP contribution in [0.5, 0.6) is 0 Å². The van der Waals surface area contributed by atoms with Gasteiger partial charge in [-0.15, -0.1) is 0 Å². The SMILES string of the molecule is S=C(NCCCN1CCOCC1)N/N=C\c1ccccc1. The second-order valence-electron chi connectivity index (χ2n) is 4.84. The Balaban J connectivity index is 1.54. The lowest BCUT2D eigenvalue weighted by Gasteiger charge is -2.26. The van der Waals surface area contributed by atoms with Crippen LogP contribution in [-0.4, -0.2) is 55.6 Å². The number of hydrogen-bond donors (Lipinski definition) is 2. The van der Waals surface area contributed by atoms with Crippen molar-refractivity contribution in [3.05, 3.63) is 35.9 Å². The summed E-state index contributed by atoms with van der Waals surface area (Å²) in [5.41, 5.74) is 3.87. The maximum absolute atomic E-state index is 5.32. The second-order valence-corrected chi connectivity index (χ2v) is 5.25. The normalized spacial score (nSPS) is 16.0. The first kappa shape index (κ1) is 15.9. The van der Waals surface area contributed by atoms with Crippen molar-refractivity contribution >= 4 is 23.5 Å². The molecule has 6 heteroatoms. The fourth-order valence-electron chi connectivity index (χ4n) is 2.07. The molecule has 0 unspecified atom stereocenters. The molecular weight excluding hydrogens is 284 g/mol. The minimum Gasteiger partial charge on any atom is -0.379 e. The second kappa shape index (κ2) is 9.44. The molecule has 0 radical (unpaired) electrons. The predicted octanol–water partition coefficient (Wildman–Crippen LogP) is 1.21. The van der Waals surface area contributed by atoms with Gasteiger partial charge in [-0.3, -0.25) is 10.3 Å². The molecule has 0 spiro atoms. The van der Waals surface area contributed by atoms with E-state index in [-0.39, 0.29) is 0 Å². The van der Waals surface area contributed by atoms with E-state index in [0.29, 0.717) is 5.11 Å². The third-order valence-corrected chi connectivity index (χ3v) is 3.46. The molecule has 1 aliphatic rings. The summed E-state index contributed by atoms with van der Waals surface area (Å²) < 4.78 is 5.32. The summed E-state index contributed by atoms with van der Waals surface area (Å²) in [5, 5.41) is 7.82. The van der Waals surface area contributed by atoms with Gasteiger partial charge >= 0.3 is 0 Å². The van der Waals surface area contributed by atoms with E-state index >= 15 is 0 Å². The van der Waals surface area contributed by atoms with E-state index in [1.165, 1.54) is 0 Å². The molecular formula is C15H22N4OS. The zero-order valence-electron chi connectivity index (χ0n) is 12.1. The molecule has 0 bridgehead atoms. The molecule has 0 aromatic heterocycles. The lowest BCUT2D eigenvalue weighted by molar-refractivity contribution is 0.0376. The van der Waals surface area contributed by atoms with Crippen LogP contribution in [-0.2, 0) is 4.74 Å². The van der Waals surface area contributed by atoms with Crippen molar-refractivity contribution in [1.29, 1.82) is 0 Å². The highest BCUT2D eigenvalue weighted by molar-refractivity contribution is 7.80. The van der Waals surface area contributed by atoms with Crippen LogP contribution in [0.25, 0.3) is 0 Å². The molecule has 0 amide bonds. The van der Waals surface area contributed by atoms with Gasteiger partial charge in [-0.25, -0.2) is 0 Å². The Hall–Kier alpha value is -1.50. The number of rotatable bonds is 6. The summed E-state index contributed by atoms with van der Waals surface area (Å²) in [6, 6.07) is 9.91. The number of nitrogens with zero attached hydrogens (tertiary/aromatic N) is 2. The Kier molecular flexibility index (Phi) is 7.14. The lowest BCUT2D eigenvalue weighted by atomic mass is 10.2. The van der Waals surface area contributed by atoms with Gasteiger partial charge in [-0.05, 0) is 30.7 Å². The molecule has 2 N–H and O–H groups in total. The van der Waals surface area contributed by atoms with Gasteiger partial charge in [-0.2, -0.15) is 5.10 Å². The molecule has 2 rings (SSSR count). The quantitative estimate of drug-likeness (QED) is 0.358. The van der Waals surface area contributed by atoms with E-state index in [9.17, 15) is 0 Å². The molecule has 1 aromatic carbocycles. The van der Waals surface area contributed by atoms with Crippen molar-refractivity contribution < 1.29 is 4.74 Å². The number of hydrazone groups is 1. The zero-order chi connectivity index (χ0) is 14.8. The first-order chi connectivity index (χ1) is 10.3. The Morgan fingerprint density at radius 2 is 2.05 bits per heavy atom.